The Balaban J connectivity index is 1.65. The average Bonchev–Trinajstić information content (AvgIpc) is 2.77. The number of morpholine rings is 1. The zero-order valence-electron chi connectivity index (χ0n) is 17.9. The molecule has 0 spiro atoms. The number of carbonyl (C=O) groups is 1. The molecule has 2 atom stereocenters. The number of nitrogens with zero attached hydrogens (tertiary/aromatic N) is 2. The lowest BCUT2D eigenvalue weighted by atomic mass is 9.94. The van der Waals surface area contributed by atoms with Gasteiger partial charge in [0.2, 0.25) is 0 Å². The number of alkyl halides is 3. The minimum Gasteiger partial charge on any atom is -0.478 e. The summed E-state index contributed by atoms with van der Waals surface area (Å²) in [5.74, 6) is -1.01. The van der Waals surface area contributed by atoms with Crippen LogP contribution in [0.1, 0.15) is 37.4 Å². The molecule has 0 radical (unpaired) electrons. The number of dihydropyridines is 1. The predicted molar refractivity (Wildman–Crippen MR) is 114 cm³/mol. The van der Waals surface area contributed by atoms with E-state index in [4.69, 9.17) is 4.74 Å². The number of aliphatic carboxylic acids is 1. The summed E-state index contributed by atoms with van der Waals surface area (Å²) in [5, 5.41) is 12.6. The first kappa shape index (κ1) is 22.3. The summed E-state index contributed by atoms with van der Waals surface area (Å²) < 4.78 is 47.2. The van der Waals surface area contributed by atoms with Gasteiger partial charge >= 0.3 is 12.1 Å². The SMILES string of the molecule is CC1=C(C(=O)O)C=C2CC=CN(C(C)c3ccc(N4CCOCC4)c(C(F)(F)F)c3)C2N1. The van der Waals surface area contributed by atoms with Crippen LogP contribution < -0.4 is 10.2 Å². The number of hydrogen-bond donors (Lipinski definition) is 2. The van der Waals surface area contributed by atoms with Crippen LogP contribution in [-0.2, 0) is 15.7 Å². The third-order valence-corrected chi connectivity index (χ3v) is 6.21. The van der Waals surface area contributed by atoms with Crippen molar-refractivity contribution in [3.05, 3.63) is 64.5 Å². The molecule has 0 aromatic heterocycles. The molecule has 3 aliphatic heterocycles. The Kier molecular flexibility index (Phi) is 5.94. The molecule has 1 fully saturated rings. The van der Waals surface area contributed by atoms with Gasteiger partial charge in [0.05, 0.1) is 30.4 Å². The van der Waals surface area contributed by atoms with E-state index >= 15 is 0 Å². The number of carboxylic acids is 1. The van der Waals surface area contributed by atoms with Crippen LogP contribution in [0.5, 0.6) is 0 Å². The van der Waals surface area contributed by atoms with E-state index in [9.17, 15) is 23.1 Å². The second-order valence-corrected chi connectivity index (χ2v) is 8.20. The fraction of sp³-hybridized carbons (Fsp3) is 0.435. The maximum Gasteiger partial charge on any atom is 0.418 e. The second kappa shape index (κ2) is 8.54. The molecule has 32 heavy (non-hydrogen) atoms. The number of benzene rings is 1. The number of anilines is 1. The van der Waals surface area contributed by atoms with Crippen molar-refractivity contribution in [2.75, 3.05) is 31.2 Å². The minimum absolute atomic E-state index is 0.173. The first-order valence-corrected chi connectivity index (χ1v) is 10.6. The van der Waals surface area contributed by atoms with Gasteiger partial charge in [-0.3, -0.25) is 0 Å². The van der Waals surface area contributed by atoms with Crippen molar-refractivity contribution in [2.45, 2.75) is 38.7 Å². The van der Waals surface area contributed by atoms with Crippen LogP contribution >= 0.6 is 0 Å². The normalized spacial score (nSPS) is 22.3. The molecular weight excluding hydrogens is 423 g/mol. The third-order valence-electron chi connectivity index (χ3n) is 6.21. The fourth-order valence-electron chi connectivity index (χ4n) is 4.45. The van der Waals surface area contributed by atoms with Crippen LogP contribution in [0, 0.1) is 0 Å². The molecule has 0 saturated carbocycles. The Labute approximate surface area is 184 Å². The molecule has 0 amide bonds. The zero-order valence-corrected chi connectivity index (χ0v) is 17.9. The Morgan fingerprint density at radius 2 is 2.00 bits per heavy atom. The molecule has 0 bridgehead atoms. The number of halogens is 3. The van der Waals surface area contributed by atoms with Gasteiger partial charge < -0.3 is 25.0 Å². The van der Waals surface area contributed by atoms with Gasteiger partial charge in [-0.1, -0.05) is 12.1 Å². The highest BCUT2D eigenvalue weighted by molar-refractivity contribution is 5.91. The van der Waals surface area contributed by atoms with E-state index in [-0.39, 0.29) is 23.5 Å². The topological polar surface area (TPSA) is 65.0 Å². The lowest BCUT2D eigenvalue weighted by Gasteiger charge is -2.42. The first-order chi connectivity index (χ1) is 15.2. The summed E-state index contributed by atoms with van der Waals surface area (Å²) in [4.78, 5) is 15.1. The monoisotopic (exact) mass is 449 g/mol. The molecule has 9 heteroatoms. The summed E-state index contributed by atoms with van der Waals surface area (Å²) in [6.07, 6.45) is 1.20. The highest BCUT2D eigenvalue weighted by atomic mass is 19.4. The van der Waals surface area contributed by atoms with Crippen molar-refractivity contribution < 1.29 is 27.8 Å². The van der Waals surface area contributed by atoms with Gasteiger partial charge in [-0.25, -0.2) is 4.79 Å². The van der Waals surface area contributed by atoms with E-state index in [1.165, 1.54) is 6.07 Å². The van der Waals surface area contributed by atoms with E-state index in [1.54, 1.807) is 30.0 Å². The molecule has 1 aromatic carbocycles. The van der Waals surface area contributed by atoms with Crippen LogP contribution in [0.4, 0.5) is 18.9 Å². The smallest absolute Gasteiger partial charge is 0.418 e. The molecule has 1 saturated heterocycles. The Morgan fingerprint density at radius 1 is 1.28 bits per heavy atom. The molecule has 1 aromatic rings. The summed E-state index contributed by atoms with van der Waals surface area (Å²) in [7, 11) is 0. The van der Waals surface area contributed by atoms with Crippen LogP contribution in [0.25, 0.3) is 0 Å². The number of hydrogen-bond acceptors (Lipinski definition) is 5. The zero-order chi connectivity index (χ0) is 23.0. The highest BCUT2D eigenvalue weighted by Gasteiger charge is 2.37. The first-order valence-electron chi connectivity index (χ1n) is 10.6. The number of ether oxygens (including phenoxy) is 1. The molecule has 2 N–H and O–H groups in total. The second-order valence-electron chi connectivity index (χ2n) is 8.20. The maximum atomic E-state index is 14.0. The Hall–Kier alpha value is -2.94. The number of allylic oxidation sites excluding steroid dienone is 2. The Morgan fingerprint density at radius 3 is 2.66 bits per heavy atom. The largest absolute Gasteiger partial charge is 0.478 e. The van der Waals surface area contributed by atoms with Gasteiger partial charge in [-0.15, -0.1) is 0 Å². The van der Waals surface area contributed by atoms with Gasteiger partial charge in [-0.05, 0) is 55.8 Å². The lowest BCUT2D eigenvalue weighted by Crippen LogP contribution is -2.48. The van der Waals surface area contributed by atoms with E-state index in [1.807, 2.05) is 24.1 Å². The van der Waals surface area contributed by atoms with Gasteiger partial charge in [0.25, 0.3) is 0 Å². The van der Waals surface area contributed by atoms with Crippen molar-refractivity contribution >= 4 is 11.7 Å². The number of carboxylic acid groups (broad SMARTS) is 1. The van der Waals surface area contributed by atoms with E-state index in [2.05, 4.69) is 5.32 Å². The number of nitrogens with one attached hydrogen (secondary N) is 1. The number of fused-ring (bicyclic) bond motifs is 1. The average molecular weight is 449 g/mol. The van der Waals surface area contributed by atoms with Crippen LogP contribution in [0.2, 0.25) is 0 Å². The molecule has 4 rings (SSSR count). The summed E-state index contributed by atoms with van der Waals surface area (Å²) in [6.45, 7) is 5.19. The summed E-state index contributed by atoms with van der Waals surface area (Å²) >= 11 is 0. The molecule has 3 aliphatic rings. The van der Waals surface area contributed by atoms with Gasteiger partial charge in [0.1, 0.15) is 6.17 Å². The van der Waals surface area contributed by atoms with Crippen LogP contribution in [0.15, 0.2) is 53.4 Å². The van der Waals surface area contributed by atoms with E-state index in [0.29, 0.717) is 44.0 Å². The summed E-state index contributed by atoms with van der Waals surface area (Å²) in [6, 6.07) is 4.15. The van der Waals surface area contributed by atoms with Crippen molar-refractivity contribution in [3.63, 3.8) is 0 Å². The third kappa shape index (κ3) is 4.21. The molecule has 172 valence electrons. The van der Waals surface area contributed by atoms with Gasteiger partial charge in [-0.2, -0.15) is 13.2 Å². The van der Waals surface area contributed by atoms with Crippen LogP contribution in [0.3, 0.4) is 0 Å². The molecular formula is C23H26F3N3O3. The van der Waals surface area contributed by atoms with Gasteiger partial charge in [0, 0.05) is 24.5 Å². The summed E-state index contributed by atoms with van der Waals surface area (Å²) in [5.41, 5.74) is 1.65. The Bertz CT molecular complexity index is 994. The predicted octanol–water partition coefficient (Wildman–Crippen LogP) is 4.04. The fourth-order valence-corrected chi connectivity index (χ4v) is 4.45. The van der Waals surface area contributed by atoms with Crippen molar-refractivity contribution in [2.24, 2.45) is 0 Å². The molecule has 2 unspecified atom stereocenters. The molecule has 6 nitrogen and oxygen atoms in total. The van der Waals surface area contributed by atoms with Crippen molar-refractivity contribution in [1.29, 1.82) is 0 Å². The standard InChI is InChI=1S/C23H26F3N3O3/c1-14-18(22(30)31)12-17-4-3-7-29(21(17)27-14)15(2)16-5-6-20(19(13-16)23(24,25)26)28-8-10-32-11-9-28/h3,5-7,12-13,15,21,27H,4,8-11H2,1-2H3,(H,30,31). The number of rotatable bonds is 4. The van der Waals surface area contributed by atoms with Crippen LogP contribution in [-0.4, -0.2) is 48.4 Å². The highest BCUT2D eigenvalue weighted by Crippen LogP contribution is 2.40. The van der Waals surface area contributed by atoms with Crippen molar-refractivity contribution in [3.8, 4) is 0 Å². The lowest BCUT2D eigenvalue weighted by molar-refractivity contribution is -0.137. The minimum atomic E-state index is -4.48. The molecule has 0 aliphatic carbocycles. The van der Waals surface area contributed by atoms with E-state index < -0.39 is 17.7 Å². The quantitative estimate of drug-likeness (QED) is 0.724. The van der Waals surface area contributed by atoms with Crippen molar-refractivity contribution in [1.82, 2.24) is 10.2 Å². The van der Waals surface area contributed by atoms with E-state index in [0.717, 1.165) is 5.57 Å². The van der Waals surface area contributed by atoms with Gasteiger partial charge in [0.15, 0.2) is 0 Å². The maximum absolute atomic E-state index is 14.0. The molecule has 3 heterocycles.